The fraction of sp³-hybridized carbons (Fsp3) is 0.174. The van der Waals surface area contributed by atoms with Crippen LogP contribution in [0.4, 0.5) is 11.4 Å². The van der Waals surface area contributed by atoms with Crippen LogP contribution in [0.15, 0.2) is 77.8 Å². The number of rotatable bonds is 5. The molecule has 2 N–H and O–H groups in total. The van der Waals surface area contributed by atoms with Gasteiger partial charge in [-0.15, -0.1) is 0 Å². The van der Waals surface area contributed by atoms with Crippen LogP contribution in [0.5, 0.6) is 5.75 Å². The zero-order valence-electron chi connectivity index (χ0n) is 15.5. The van der Waals surface area contributed by atoms with Gasteiger partial charge in [-0.2, -0.15) is 0 Å². The van der Waals surface area contributed by atoms with E-state index in [2.05, 4.69) is 42.9 Å². The SMILES string of the molecule is C=C(/C=N\c1c(O)ccc2ccccc12)C(C)(C)c1ccccc1NC. The number of nitrogens with one attached hydrogen (secondary N) is 1. The number of allylic oxidation sites excluding steroid dienone is 1. The topological polar surface area (TPSA) is 44.6 Å². The molecule has 0 spiro atoms. The molecule has 0 aliphatic heterocycles. The minimum Gasteiger partial charge on any atom is -0.506 e. The lowest BCUT2D eigenvalue weighted by Gasteiger charge is -2.28. The first-order valence-electron chi connectivity index (χ1n) is 8.66. The van der Waals surface area contributed by atoms with Gasteiger partial charge in [0.25, 0.3) is 0 Å². The van der Waals surface area contributed by atoms with E-state index < -0.39 is 0 Å². The quantitative estimate of drug-likeness (QED) is 0.573. The maximum absolute atomic E-state index is 10.3. The molecule has 0 unspecified atom stereocenters. The molecule has 132 valence electrons. The fourth-order valence-corrected chi connectivity index (χ4v) is 3.10. The number of benzene rings is 3. The monoisotopic (exact) mass is 344 g/mol. The van der Waals surface area contributed by atoms with Gasteiger partial charge in [-0.1, -0.05) is 69.0 Å². The molecule has 0 heterocycles. The first-order chi connectivity index (χ1) is 12.4. The van der Waals surface area contributed by atoms with Gasteiger partial charge in [-0.05, 0) is 28.7 Å². The smallest absolute Gasteiger partial charge is 0.141 e. The molecular formula is C23H24N2O. The second-order valence-corrected chi connectivity index (χ2v) is 6.86. The van der Waals surface area contributed by atoms with Crippen molar-refractivity contribution in [1.29, 1.82) is 0 Å². The molecule has 0 aliphatic rings. The Morgan fingerprint density at radius 2 is 1.73 bits per heavy atom. The van der Waals surface area contributed by atoms with Crippen molar-refractivity contribution in [2.24, 2.45) is 4.99 Å². The Morgan fingerprint density at radius 3 is 2.50 bits per heavy atom. The van der Waals surface area contributed by atoms with Crippen LogP contribution in [0.3, 0.4) is 0 Å². The molecule has 3 aromatic rings. The zero-order valence-corrected chi connectivity index (χ0v) is 15.5. The zero-order chi connectivity index (χ0) is 18.7. The molecule has 0 radical (unpaired) electrons. The Kier molecular flexibility index (Phi) is 4.81. The molecule has 0 saturated carbocycles. The molecule has 0 bridgehead atoms. The summed E-state index contributed by atoms with van der Waals surface area (Å²) < 4.78 is 0. The van der Waals surface area contributed by atoms with E-state index in [1.165, 1.54) is 0 Å². The van der Waals surface area contributed by atoms with Crippen LogP contribution in [0, 0.1) is 0 Å². The summed E-state index contributed by atoms with van der Waals surface area (Å²) in [7, 11) is 1.92. The Bertz CT molecular complexity index is 986. The third kappa shape index (κ3) is 3.21. The summed E-state index contributed by atoms with van der Waals surface area (Å²) in [6, 6.07) is 19.7. The van der Waals surface area contributed by atoms with E-state index in [9.17, 15) is 5.11 Å². The van der Waals surface area contributed by atoms with Crippen LogP contribution in [0.2, 0.25) is 0 Å². The largest absolute Gasteiger partial charge is 0.506 e. The first kappa shape index (κ1) is 17.7. The normalized spacial score (nSPS) is 11.8. The van der Waals surface area contributed by atoms with Crippen molar-refractivity contribution in [2.75, 3.05) is 12.4 Å². The number of hydrogen-bond acceptors (Lipinski definition) is 3. The molecule has 0 fully saturated rings. The number of anilines is 1. The number of aliphatic imine (C=N–C) groups is 1. The van der Waals surface area contributed by atoms with E-state index in [4.69, 9.17) is 0 Å². The van der Waals surface area contributed by atoms with Gasteiger partial charge in [0.05, 0.1) is 0 Å². The Balaban J connectivity index is 1.99. The number of hydrogen-bond donors (Lipinski definition) is 2. The van der Waals surface area contributed by atoms with E-state index in [1.807, 2.05) is 49.5 Å². The summed E-state index contributed by atoms with van der Waals surface area (Å²) in [6.45, 7) is 8.50. The van der Waals surface area contributed by atoms with E-state index in [0.29, 0.717) is 5.69 Å². The highest BCUT2D eigenvalue weighted by Gasteiger charge is 2.25. The van der Waals surface area contributed by atoms with Crippen LogP contribution < -0.4 is 5.32 Å². The molecule has 3 rings (SSSR count). The Labute approximate surface area is 154 Å². The number of phenols is 1. The van der Waals surface area contributed by atoms with E-state index in [1.54, 1.807) is 12.3 Å². The van der Waals surface area contributed by atoms with Gasteiger partial charge in [0.15, 0.2) is 0 Å². The fourth-order valence-electron chi connectivity index (χ4n) is 3.10. The van der Waals surface area contributed by atoms with Crippen molar-refractivity contribution in [3.63, 3.8) is 0 Å². The third-order valence-corrected chi connectivity index (χ3v) is 4.90. The Hall–Kier alpha value is -3.07. The van der Waals surface area contributed by atoms with E-state index >= 15 is 0 Å². The van der Waals surface area contributed by atoms with E-state index in [-0.39, 0.29) is 11.2 Å². The number of phenolic OH excluding ortho intramolecular Hbond substituents is 1. The second-order valence-electron chi connectivity index (χ2n) is 6.86. The highest BCUT2D eigenvalue weighted by molar-refractivity contribution is 5.98. The summed E-state index contributed by atoms with van der Waals surface area (Å²) in [5.74, 6) is 0.168. The molecule has 0 atom stereocenters. The van der Waals surface area contributed by atoms with Crippen LogP contribution in [-0.4, -0.2) is 18.4 Å². The number of aromatic hydroxyl groups is 1. The molecule has 3 heteroatoms. The van der Waals surface area contributed by atoms with Crippen molar-refractivity contribution in [1.82, 2.24) is 0 Å². The lowest BCUT2D eigenvalue weighted by atomic mass is 9.78. The average molecular weight is 344 g/mol. The second kappa shape index (κ2) is 7.04. The van der Waals surface area contributed by atoms with Crippen LogP contribution in [0.1, 0.15) is 19.4 Å². The molecule has 3 aromatic carbocycles. The highest BCUT2D eigenvalue weighted by Crippen LogP contribution is 2.37. The van der Waals surface area contributed by atoms with Crippen molar-refractivity contribution in [3.05, 3.63) is 78.4 Å². The van der Waals surface area contributed by atoms with Crippen molar-refractivity contribution in [2.45, 2.75) is 19.3 Å². The molecule has 0 aromatic heterocycles. The molecular weight excluding hydrogens is 320 g/mol. The van der Waals surface area contributed by atoms with Gasteiger partial charge in [0, 0.05) is 29.8 Å². The third-order valence-electron chi connectivity index (χ3n) is 4.90. The Morgan fingerprint density at radius 1 is 1.04 bits per heavy atom. The number of para-hydroxylation sites is 1. The van der Waals surface area contributed by atoms with Crippen molar-refractivity contribution >= 4 is 28.4 Å². The maximum Gasteiger partial charge on any atom is 0.141 e. The lowest BCUT2D eigenvalue weighted by Crippen LogP contribution is -2.22. The molecule has 0 saturated heterocycles. The van der Waals surface area contributed by atoms with Gasteiger partial charge in [-0.3, -0.25) is 4.99 Å². The summed E-state index contributed by atoms with van der Waals surface area (Å²) in [5.41, 5.74) is 3.36. The first-order valence-corrected chi connectivity index (χ1v) is 8.66. The molecule has 26 heavy (non-hydrogen) atoms. The van der Waals surface area contributed by atoms with Crippen molar-refractivity contribution in [3.8, 4) is 5.75 Å². The minimum atomic E-state index is -0.302. The van der Waals surface area contributed by atoms with Crippen LogP contribution in [-0.2, 0) is 5.41 Å². The minimum absolute atomic E-state index is 0.168. The summed E-state index contributed by atoms with van der Waals surface area (Å²) in [4.78, 5) is 4.59. The number of nitrogens with zero attached hydrogens (tertiary/aromatic N) is 1. The molecule has 3 nitrogen and oxygen atoms in total. The van der Waals surface area contributed by atoms with Gasteiger partial charge in [0.2, 0.25) is 0 Å². The van der Waals surface area contributed by atoms with Gasteiger partial charge in [0.1, 0.15) is 11.4 Å². The standard InChI is InChI=1S/C23H24N2O/c1-16(23(2,3)19-11-7-8-12-20(19)24-4)15-25-22-18-10-6-5-9-17(18)13-14-21(22)26/h5-15,24,26H,1H2,2-4H3/b25-15-. The highest BCUT2D eigenvalue weighted by atomic mass is 16.3. The lowest BCUT2D eigenvalue weighted by molar-refractivity contribution is 0.477. The molecule has 0 amide bonds. The van der Waals surface area contributed by atoms with Crippen molar-refractivity contribution < 1.29 is 5.11 Å². The van der Waals surface area contributed by atoms with Gasteiger partial charge >= 0.3 is 0 Å². The summed E-state index contributed by atoms with van der Waals surface area (Å²) >= 11 is 0. The summed E-state index contributed by atoms with van der Waals surface area (Å²) in [6.07, 6.45) is 1.76. The predicted molar refractivity (Wildman–Crippen MR) is 112 cm³/mol. The average Bonchev–Trinajstić information content (AvgIpc) is 2.66. The predicted octanol–water partition coefficient (Wildman–Crippen LogP) is 5.82. The van der Waals surface area contributed by atoms with E-state index in [0.717, 1.165) is 27.6 Å². The van der Waals surface area contributed by atoms with Crippen LogP contribution >= 0.6 is 0 Å². The summed E-state index contributed by atoms with van der Waals surface area (Å²) in [5, 5.41) is 15.5. The molecule has 0 aliphatic carbocycles. The van der Waals surface area contributed by atoms with Crippen LogP contribution in [0.25, 0.3) is 10.8 Å². The maximum atomic E-state index is 10.3. The number of fused-ring (bicyclic) bond motifs is 1. The van der Waals surface area contributed by atoms with Gasteiger partial charge < -0.3 is 10.4 Å². The van der Waals surface area contributed by atoms with Gasteiger partial charge in [-0.25, -0.2) is 0 Å².